The molecule has 0 aliphatic carbocycles. The molecule has 102 valence electrons. The standard InChI is InChI=1S/C18H18.2W/c1-9-7-15-13(5)18-12(4)10(2)8-16(18)14(6)17(15)11(9)3;;/h1-6H3;;. The average molecular weight is 602 g/mol. The molecule has 0 unspecified atom stereocenters. The number of hydrogen-bond donors (Lipinski definition) is 0. The fraction of sp³-hybridized carbons (Fsp3) is 0.333. The van der Waals surface area contributed by atoms with Gasteiger partial charge in [-0.2, -0.15) is 0 Å². The first-order valence-corrected chi connectivity index (χ1v) is 9.84. The maximum absolute atomic E-state index is 2.33. The summed E-state index contributed by atoms with van der Waals surface area (Å²) < 4.78 is 3.12. The number of hydrogen-bond acceptors (Lipinski definition) is 0. The van der Waals surface area contributed by atoms with E-state index >= 15 is 0 Å². The fourth-order valence-electron chi connectivity index (χ4n) is 3.60. The third kappa shape index (κ3) is 1.62. The summed E-state index contributed by atoms with van der Waals surface area (Å²) in [6.07, 6.45) is 0. The van der Waals surface area contributed by atoms with Crippen LogP contribution in [0.2, 0.25) is 0 Å². The molecule has 0 heterocycles. The van der Waals surface area contributed by atoms with Gasteiger partial charge < -0.3 is 0 Å². The number of rotatable bonds is 0. The summed E-state index contributed by atoms with van der Waals surface area (Å²) >= 11 is 3.20. The molecule has 0 amide bonds. The zero-order valence-corrected chi connectivity index (χ0v) is 18.7. The van der Waals surface area contributed by atoms with Crippen molar-refractivity contribution in [3.8, 4) is 0 Å². The summed E-state index contributed by atoms with van der Waals surface area (Å²) in [5.41, 5.74) is 9.03. The molecule has 3 rings (SSSR count). The second-order valence-corrected chi connectivity index (χ2v) is 8.84. The Morgan fingerprint density at radius 2 is 0.700 bits per heavy atom. The van der Waals surface area contributed by atoms with Gasteiger partial charge in [-0.15, -0.1) is 0 Å². The van der Waals surface area contributed by atoms with Gasteiger partial charge in [0.25, 0.3) is 0 Å². The molecule has 0 fully saturated rings. The van der Waals surface area contributed by atoms with Crippen molar-refractivity contribution in [3.05, 3.63) is 40.5 Å². The summed E-state index contributed by atoms with van der Waals surface area (Å²) in [5.74, 6) is 0. The Bertz CT molecular complexity index is 899. The van der Waals surface area contributed by atoms with Gasteiger partial charge in [-0.1, -0.05) is 0 Å². The molecule has 2 heteroatoms. The molecule has 0 atom stereocenters. The zero-order valence-electron chi connectivity index (χ0n) is 12.8. The summed E-state index contributed by atoms with van der Waals surface area (Å²) in [6, 6.07) is 0. The van der Waals surface area contributed by atoms with Crippen molar-refractivity contribution in [3.63, 3.8) is 0 Å². The van der Waals surface area contributed by atoms with Crippen molar-refractivity contribution in [2.75, 3.05) is 0 Å². The predicted octanol–water partition coefficient (Wildman–Crippen LogP) is 4.88. The van der Waals surface area contributed by atoms with E-state index in [-0.39, 0.29) is 0 Å². The van der Waals surface area contributed by atoms with E-state index in [4.69, 9.17) is 0 Å². The molecule has 0 saturated carbocycles. The molecule has 0 aliphatic heterocycles. The molecule has 0 aliphatic rings. The van der Waals surface area contributed by atoms with Gasteiger partial charge in [-0.25, -0.2) is 0 Å². The van der Waals surface area contributed by atoms with Crippen LogP contribution in [0.4, 0.5) is 0 Å². The number of aryl methyl sites for hydroxylation is 4. The molecule has 0 radical (unpaired) electrons. The van der Waals surface area contributed by atoms with Gasteiger partial charge in [0.2, 0.25) is 0 Å². The predicted molar refractivity (Wildman–Crippen MR) is 78.7 cm³/mol. The van der Waals surface area contributed by atoms with Gasteiger partial charge in [0, 0.05) is 0 Å². The van der Waals surface area contributed by atoms with Crippen LogP contribution in [-0.4, -0.2) is 0 Å². The normalized spacial score (nSPS) is 11.9. The van der Waals surface area contributed by atoms with Gasteiger partial charge >= 0.3 is 142 Å². The summed E-state index contributed by atoms with van der Waals surface area (Å²) in [4.78, 5) is 0. The molecule has 0 saturated heterocycles. The van der Waals surface area contributed by atoms with E-state index in [1.165, 1.54) is 44.2 Å². The van der Waals surface area contributed by atoms with Crippen LogP contribution in [0.3, 0.4) is 0 Å². The SMILES string of the molecule is Cc1c(C)c2c(C)c3[c](=[W])c(C)c(C)c3c(C)c2[c]1=[W]. The third-order valence-corrected chi connectivity index (χ3v) is 8.68. The first-order valence-electron chi connectivity index (χ1n) is 6.91. The molecular formula is C18H18W2. The Morgan fingerprint density at radius 3 is 1.00 bits per heavy atom. The van der Waals surface area contributed by atoms with Crippen LogP contribution < -0.4 is 0 Å². The Labute approximate surface area is 141 Å². The van der Waals surface area contributed by atoms with Crippen LogP contribution in [0.25, 0.3) is 21.5 Å². The molecule has 0 nitrogen and oxygen atoms in total. The van der Waals surface area contributed by atoms with Gasteiger partial charge in [-0.3, -0.25) is 0 Å². The molecule has 0 bridgehead atoms. The number of benzene rings is 1. The Kier molecular flexibility index (Phi) is 3.43. The van der Waals surface area contributed by atoms with Crippen LogP contribution >= 0.6 is 0 Å². The van der Waals surface area contributed by atoms with Crippen molar-refractivity contribution in [2.45, 2.75) is 41.5 Å². The molecule has 3 aromatic carbocycles. The van der Waals surface area contributed by atoms with Crippen molar-refractivity contribution in [2.24, 2.45) is 0 Å². The summed E-state index contributed by atoms with van der Waals surface area (Å²) in [7, 11) is 0. The van der Waals surface area contributed by atoms with Crippen LogP contribution in [0, 0.1) is 48.6 Å². The third-order valence-electron chi connectivity index (χ3n) is 5.01. The first-order chi connectivity index (χ1) is 9.29. The molecule has 3 aromatic rings. The van der Waals surface area contributed by atoms with E-state index in [2.05, 4.69) is 41.5 Å². The molecule has 0 spiro atoms. The summed E-state index contributed by atoms with van der Waals surface area (Å²) in [5, 5.41) is 6.15. The van der Waals surface area contributed by atoms with Gasteiger partial charge in [0.15, 0.2) is 0 Å². The topological polar surface area (TPSA) is 0 Å². The van der Waals surface area contributed by atoms with E-state index in [9.17, 15) is 0 Å². The molecule has 0 N–H and O–H groups in total. The van der Waals surface area contributed by atoms with Crippen LogP contribution in [0.15, 0.2) is 0 Å². The van der Waals surface area contributed by atoms with Crippen LogP contribution in [0.5, 0.6) is 0 Å². The summed E-state index contributed by atoms with van der Waals surface area (Å²) in [6.45, 7) is 13.8. The van der Waals surface area contributed by atoms with E-state index in [1.807, 2.05) is 0 Å². The van der Waals surface area contributed by atoms with Crippen molar-refractivity contribution in [1.82, 2.24) is 0 Å². The quantitative estimate of drug-likeness (QED) is 0.345. The fourth-order valence-corrected chi connectivity index (χ4v) is 6.53. The zero-order chi connectivity index (χ0) is 14.9. The Hall–Kier alpha value is -0.183. The van der Waals surface area contributed by atoms with Crippen molar-refractivity contribution < 1.29 is 38.7 Å². The minimum atomic E-state index is 1.50. The monoisotopic (exact) mass is 602 g/mol. The molecule has 0 aromatic heterocycles. The van der Waals surface area contributed by atoms with E-state index < -0.39 is 0 Å². The van der Waals surface area contributed by atoms with Crippen molar-refractivity contribution >= 4 is 21.5 Å². The van der Waals surface area contributed by atoms with E-state index in [1.54, 1.807) is 56.6 Å². The van der Waals surface area contributed by atoms with Gasteiger partial charge in [0.1, 0.15) is 0 Å². The van der Waals surface area contributed by atoms with Gasteiger partial charge in [-0.05, 0) is 0 Å². The Morgan fingerprint density at radius 1 is 0.400 bits per heavy atom. The second kappa shape index (κ2) is 4.66. The molecule has 20 heavy (non-hydrogen) atoms. The Balaban J connectivity index is 2.85. The van der Waals surface area contributed by atoms with Crippen molar-refractivity contribution in [1.29, 1.82) is 0 Å². The average Bonchev–Trinajstić information content (AvgIpc) is 2.77. The first kappa shape index (κ1) is 14.7. The maximum atomic E-state index is 2.33. The molecular weight excluding hydrogens is 584 g/mol. The minimum absolute atomic E-state index is 1.50. The second-order valence-electron chi connectivity index (χ2n) is 5.91. The van der Waals surface area contributed by atoms with Crippen LogP contribution in [-0.2, 0) is 38.7 Å². The van der Waals surface area contributed by atoms with E-state index in [0.717, 1.165) is 0 Å². The van der Waals surface area contributed by atoms with E-state index in [0.29, 0.717) is 0 Å². The van der Waals surface area contributed by atoms with Gasteiger partial charge in [0.05, 0.1) is 0 Å². The van der Waals surface area contributed by atoms with Crippen LogP contribution in [0.1, 0.15) is 33.4 Å². The number of fused-ring (bicyclic) bond motifs is 2.